The molecule has 2 aliphatic heterocycles. The number of nitrogens with zero attached hydrogens (tertiary/aromatic N) is 1. The first kappa shape index (κ1) is 13.2. The van der Waals surface area contributed by atoms with Gasteiger partial charge in [0.1, 0.15) is 0 Å². The van der Waals surface area contributed by atoms with Crippen LogP contribution in [0.5, 0.6) is 0 Å². The van der Waals surface area contributed by atoms with Crippen molar-refractivity contribution >= 4 is 12.1 Å². The van der Waals surface area contributed by atoms with Gasteiger partial charge >= 0.3 is 12.1 Å². The van der Waals surface area contributed by atoms with E-state index in [1.54, 1.807) is 11.8 Å². The first-order valence-electron chi connectivity index (χ1n) is 6.78. The van der Waals surface area contributed by atoms with E-state index >= 15 is 0 Å². The van der Waals surface area contributed by atoms with Crippen molar-refractivity contribution in [3.63, 3.8) is 0 Å². The summed E-state index contributed by atoms with van der Waals surface area (Å²) in [5, 5.41) is 9.23. The third-order valence-corrected chi connectivity index (χ3v) is 4.05. The molecule has 2 aliphatic rings. The Bertz CT molecular complexity index is 317. The van der Waals surface area contributed by atoms with E-state index in [2.05, 4.69) is 0 Å². The number of fused-ring (bicyclic) bond motifs is 2. The zero-order valence-corrected chi connectivity index (χ0v) is 10.8. The lowest BCUT2D eigenvalue weighted by Crippen LogP contribution is -2.54. The summed E-state index contributed by atoms with van der Waals surface area (Å²) in [6.45, 7) is 2.22. The molecule has 0 saturated carbocycles. The van der Waals surface area contributed by atoms with Crippen LogP contribution in [0.3, 0.4) is 0 Å². The number of ether oxygens (including phenoxy) is 1. The van der Waals surface area contributed by atoms with Crippen molar-refractivity contribution in [1.82, 2.24) is 4.90 Å². The molecule has 0 aromatic heterocycles. The van der Waals surface area contributed by atoms with E-state index in [4.69, 9.17) is 4.74 Å². The molecule has 5 heteroatoms. The summed E-state index contributed by atoms with van der Waals surface area (Å²) in [6, 6.07) is 0.212. The van der Waals surface area contributed by atoms with Crippen LogP contribution >= 0.6 is 0 Å². The molecule has 1 amide bonds. The van der Waals surface area contributed by atoms with Crippen molar-refractivity contribution in [3.8, 4) is 0 Å². The number of rotatable bonds is 3. The van der Waals surface area contributed by atoms with Crippen LogP contribution in [-0.4, -0.2) is 40.8 Å². The quantitative estimate of drug-likeness (QED) is 0.785. The molecule has 2 rings (SSSR count). The van der Waals surface area contributed by atoms with Crippen molar-refractivity contribution in [2.45, 2.75) is 57.5 Å². The van der Waals surface area contributed by atoms with Crippen molar-refractivity contribution in [2.24, 2.45) is 5.92 Å². The first-order valence-corrected chi connectivity index (χ1v) is 6.78. The number of hydrogen-bond acceptors (Lipinski definition) is 3. The molecule has 2 saturated heterocycles. The highest BCUT2D eigenvalue weighted by Gasteiger charge is 2.41. The largest absolute Gasteiger partial charge is 0.466 e. The van der Waals surface area contributed by atoms with Crippen molar-refractivity contribution < 1.29 is 19.4 Å². The third kappa shape index (κ3) is 2.76. The van der Waals surface area contributed by atoms with Gasteiger partial charge in [0, 0.05) is 18.5 Å². The summed E-state index contributed by atoms with van der Waals surface area (Å²) < 4.78 is 4.97. The molecular formula is C13H21NO4. The van der Waals surface area contributed by atoms with Crippen molar-refractivity contribution in [3.05, 3.63) is 0 Å². The zero-order valence-electron chi connectivity index (χ0n) is 10.8. The van der Waals surface area contributed by atoms with E-state index in [1.807, 2.05) is 0 Å². The molecule has 2 bridgehead atoms. The molecule has 2 heterocycles. The summed E-state index contributed by atoms with van der Waals surface area (Å²) >= 11 is 0. The van der Waals surface area contributed by atoms with Gasteiger partial charge in [-0.05, 0) is 44.9 Å². The topological polar surface area (TPSA) is 66.8 Å². The summed E-state index contributed by atoms with van der Waals surface area (Å²) in [5.74, 6) is 0.138. The normalized spacial score (nSPS) is 30.9. The molecule has 18 heavy (non-hydrogen) atoms. The van der Waals surface area contributed by atoms with Gasteiger partial charge < -0.3 is 14.7 Å². The minimum absolute atomic E-state index is 0.106. The molecule has 0 radical (unpaired) electrons. The van der Waals surface area contributed by atoms with E-state index in [9.17, 15) is 14.7 Å². The minimum atomic E-state index is -0.806. The van der Waals surface area contributed by atoms with Gasteiger partial charge in [-0.2, -0.15) is 0 Å². The van der Waals surface area contributed by atoms with Crippen LogP contribution in [0.25, 0.3) is 0 Å². The molecule has 5 nitrogen and oxygen atoms in total. The number of amides is 1. The molecule has 0 spiro atoms. The second-order valence-corrected chi connectivity index (χ2v) is 5.27. The molecule has 0 aromatic rings. The Hall–Kier alpha value is -1.26. The fourth-order valence-corrected chi connectivity index (χ4v) is 3.43. The van der Waals surface area contributed by atoms with Crippen molar-refractivity contribution in [2.75, 3.05) is 6.61 Å². The Morgan fingerprint density at radius 3 is 2.39 bits per heavy atom. The lowest BCUT2D eigenvalue weighted by Gasteiger charge is -2.47. The predicted octanol–water partition coefficient (Wildman–Crippen LogP) is 2.25. The Morgan fingerprint density at radius 2 is 1.89 bits per heavy atom. The van der Waals surface area contributed by atoms with Gasteiger partial charge in [0.05, 0.1) is 6.61 Å². The Kier molecular flexibility index (Phi) is 4.09. The maximum atomic E-state index is 11.5. The monoisotopic (exact) mass is 255 g/mol. The van der Waals surface area contributed by atoms with Crippen LogP contribution in [-0.2, 0) is 9.53 Å². The third-order valence-electron chi connectivity index (χ3n) is 4.05. The van der Waals surface area contributed by atoms with Gasteiger partial charge in [-0.15, -0.1) is 0 Å². The van der Waals surface area contributed by atoms with Crippen LogP contribution in [0.2, 0.25) is 0 Å². The van der Waals surface area contributed by atoms with Crippen LogP contribution in [0.1, 0.15) is 45.4 Å². The zero-order chi connectivity index (χ0) is 13.1. The van der Waals surface area contributed by atoms with Crippen LogP contribution < -0.4 is 0 Å². The number of piperidine rings is 2. The van der Waals surface area contributed by atoms with Crippen LogP contribution in [0.4, 0.5) is 4.79 Å². The van der Waals surface area contributed by atoms with E-state index in [1.165, 1.54) is 0 Å². The standard InChI is InChI=1S/C13H21NO4/c1-2-18-12(15)8-9-6-10-4-3-5-11(7-9)14(10)13(16)17/h9-11H,2-8H2,1H3,(H,16,17). The first-order chi connectivity index (χ1) is 8.61. The maximum absolute atomic E-state index is 11.5. The number of carbonyl (C=O) groups excluding carboxylic acids is 1. The molecule has 102 valence electrons. The second-order valence-electron chi connectivity index (χ2n) is 5.27. The SMILES string of the molecule is CCOC(=O)CC1CC2CCCC(C1)N2C(=O)O. The Balaban J connectivity index is 1.96. The van der Waals surface area contributed by atoms with Gasteiger partial charge in [-0.1, -0.05) is 0 Å². The van der Waals surface area contributed by atoms with Gasteiger partial charge in [0.15, 0.2) is 0 Å². The van der Waals surface area contributed by atoms with Crippen LogP contribution in [0.15, 0.2) is 0 Å². The van der Waals surface area contributed by atoms with E-state index in [0.717, 1.165) is 32.1 Å². The van der Waals surface area contributed by atoms with Crippen LogP contribution in [0, 0.1) is 5.92 Å². The highest BCUT2D eigenvalue weighted by molar-refractivity contribution is 5.70. The Labute approximate surface area is 107 Å². The number of esters is 1. The summed E-state index contributed by atoms with van der Waals surface area (Å²) in [4.78, 5) is 24.3. The average molecular weight is 255 g/mol. The number of carbonyl (C=O) groups is 2. The summed E-state index contributed by atoms with van der Waals surface area (Å²) in [6.07, 6.45) is 4.21. The fourth-order valence-electron chi connectivity index (χ4n) is 3.43. The average Bonchev–Trinajstić information content (AvgIpc) is 2.27. The lowest BCUT2D eigenvalue weighted by atomic mass is 9.77. The van der Waals surface area contributed by atoms with E-state index < -0.39 is 6.09 Å². The Morgan fingerprint density at radius 1 is 1.28 bits per heavy atom. The van der Waals surface area contributed by atoms with Gasteiger partial charge in [-0.3, -0.25) is 4.79 Å². The van der Waals surface area contributed by atoms with Gasteiger partial charge in [-0.25, -0.2) is 4.79 Å². The smallest absolute Gasteiger partial charge is 0.407 e. The highest BCUT2D eigenvalue weighted by Crippen LogP contribution is 2.38. The fraction of sp³-hybridized carbons (Fsp3) is 0.846. The van der Waals surface area contributed by atoms with Gasteiger partial charge in [0.2, 0.25) is 0 Å². The number of hydrogen-bond donors (Lipinski definition) is 1. The van der Waals surface area contributed by atoms with Gasteiger partial charge in [0.25, 0.3) is 0 Å². The number of carboxylic acid groups (broad SMARTS) is 1. The highest BCUT2D eigenvalue weighted by atomic mass is 16.5. The van der Waals surface area contributed by atoms with E-state index in [0.29, 0.717) is 13.0 Å². The molecule has 2 atom stereocenters. The predicted molar refractivity (Wildman–Crippen MR) is 65.3 cm³/mol. The minimum Gasteiger partial charge on any atom is -0.466 e. The second kappa shape index (κ2) is 5.59. The summed E-state index contributed by atoms with van der Waals surface area (Å²) in [7, 11) is 0. The molecule has 0 aromatic carbocycles. The summed E-state index contributed by atoms with van der Waals surface area (Å²) in [5.41, 5.74) is 0. The maximum Gasteiger partial charge on any atom is 0.407 e. The molecule has 1 N–H and O–H groups in total. The molecule has 0 aliphatic carbocycles. The molecule has 2 unspecified atom stereocenters. The van der Waals surface area contributed by atoms with Crippen molar-refractivity contribution in [1.29, 1.82) is 0 Å². The van der Waals surface area contributed by atoms with E-state index in [-0.39, 0.29) is 24.0 Å². The molecule has 2 fully saturated rings. The lowest BCUT2D eigenvalue weighted by molar-refractivity contribution is -0.145. The molecular weight excluding hydrogens is 234 g/mol.